The maximum atomic E-state index is 12.5. The zero-order valence-electron chi connectivity index (χ0n) is 20.1. The topological polar surface area (TPSA) is 215 Å². The Morgan fingerprint density at radius 3 is 1.56 bits per heavy atom. The van der Waals surface area contributed by atoms with E-state index in [9.17, 15) is 9.59 Å². The fourth-order valence-electron chi connectivity index (χ4n) is 3.03. The molecule has 4 bridgehead atoms. The van der Waals surface area contributed by atoms with Crippen LogP contribution in [0.4, 0.5) is 0 Å². The Labute approximate surface area is 241 Å². The molecule has 0 aromatic carbocycles. The normalized spacial score (nSPS) is 19.0. The Morgan fingerprint density at radius 1 is 0.722 bits per heavy atom. The fraction of sp³-hybridized carbons (Fsp3) is 0.391. The van der Waals surface area contributed by atoms with Gasteiger partial charge in [-0.3, -0.25) is 9.59 Å². The summed E-state index contributed by atoms with van der Waals surface area (Å²) in [6.45, 7) is 4.11. The molecule has 0 unspecified atom stereocenters. The molecule has 0 amide bonds. The van der Waals surface area contributed by atoms with Gasteiger partial charge in [0.25, 0.3) is 0 Å². The van der Waals surface area contributed by atoms with Crippen molar-refractivity contribution in [3.05, 3.63) is 71.5 Å². The van der Waals surface area contributed by atoms with Crippen LogP contribution < -0.4 is 10.6 Å². The number of nitrogens with one attached hydrogen (secondary N) is 2. The van der Waals surface area contributed by atoms with Gasteiger partial charge >= 0.3 is 38.2 Å². The van der Waals surface area contributed by atoms with E-state index in [2.05, 4.69) is 15.5 Å². The van der Waals surface area contributed by atoms with E-state index in [4.69, 9.17) is 14.2 Å². The van der Waals surface area contributed by atoms with Gasteiger partial charge in [0.15, 0.2) is 11.5 Å². The predicted molar refractivity (Wildman–Crippen MR) is 131 cm³/mol. The quantitative estimate of drug-likeness (QED) is 0.287. The fourth-order valence-corrected chi connectivity index (χ4v) is 3.03. The zero-order valence-corrected chi connectivity index (χ0v) is 22.1. The Balaban J connectivity index is -0.00000218. The molecule has 1 radical (unpaired) electrons. The molecule has 3 rings (SSSR count). The number of allylic oxidation sites excluding steroid dienone is 8. The van der Waals surface area contributed by atoms with E-state index in [-0.39, 0.29) is 84.9 Å². The van der Waals surface area contributed by atoms with Crippen molar-refractivity contribution in [3.63, 3.8) is 0 Å². The zero-order chi connectivity index (χ0) is 21.9. The van der Waals surface area contributed by atoms with Crippen molar-refractivity contribution in [2.45, 2.75) is 0 Å². The Hall–Kier alpha value is -1.99. The van der Waals surface area contributed by atoms with Crippen molar-refractivity contribution in [2.75, 3.05) is 59.7 Å². The summed E-state index contributed by atoms with van der Waals surface area (Å²) in [6, 6.07) is 0. The summed E-state index contributed by atoms with van der Waals surface area (Å²) >= 11 is 0. The third-order valence-corrected chi connectivity index (χ3v) is 4.78. The first-order valence-electron chi connectivity index (χ1n) is 10.4. The van der Waals surface area contributed by atoms with Crippen LogP contribution in [0.3, 0.4) is 0 Å². The number of nitrogens with zero attached hydrogens (tertiary/aromatic N) is 1. The maximum Gasteiger partial charge on any atom is 3.00 e. The largest absolute Gasteiger partial charge is 3.00 e. The van der Waals surface area contributed by atoms with Crippen LogP contribution in [0.1, 0.15) is 0 Å². The van der Waals surface area contributed by atoms with Crippen LogP contribution in [-0.2, 0) is 23.8 Å². The van der Waals surface area contributed by atoms with Gasteiger partial charge in [-0.2, -0.15) is 0 Å². The van der Waals surface area contributed by atoms with Crippen molar-refractivity contribution in [2.24, 2.45) is 0 Å². The first-order valence-corrected chi connectivity index (χ1v) is 10.4. The Kier molecular flexibility index (Phi) is 22.6. The molecule has 2 aliphatic carbocycles. The Bertz CT molecular complexity index is 799. The van der Waals surface area contributed by atoms with Gasteiger partial charge in [-0.1, -0.05) is 12.2 Å². The van der Waals surface area contributed by atoms with Crippen LogP contribution in [0.2, 0.25) is 0 Å². The summed E-state index contributed by atoms with van der Waals surface area (Å²) < 4.78 is 16.6. The van der Waals surface area contributed by atoms with E-state index in [0.29, 0.717) is 49.0 Å². The number of carbonyl (C=O) groups is 2. The van der Waals surface area contributed by atoms with E-state index in [1.807, 2.05) is 7.05 Å². The molecule has 10 N–H and O–H groups in total. The van der Waals surface area contributed by atoms with Gasteiger partial charge in [0.2, 0.25) is 11.6 Å². The first kappa shape index (κ1) is 38.5. The van der Waals surface area contributed by atoms with Crippen LogP contribution in [-0.4, -0.2) is 98.0 Å². The van der Waals surface area contributed by atoms with Crippen LogP contribution in [0, 0.1) is 38.2 Å². The van der Waals surface area contributed by atoms with Crippen molar-refractivity contribution in [1.82, 2.24) is 15.5 Å². The summed E-state index contributed by atoms with van der Waals surface area (Å²) in [5.74, 6) is 0.280. The van der Waals surface area contributed by atoms with E-state index < -0.39 is 0 Å². The van der Waals surface area contributed by atoms with Gasteiger partial charge in [-0.05, 0) is 31.4 Å². The number of rotatable bonds is 0. The average molecular weight is 662 g/mol. The van der Waals surface area contributed by atoms with Crippen LogP contribution in [0.5, 0.6) is 0 Å². The van der Waals surface area contributed by atoms with E-state index in [1.165, 1.54) is 0 Å². The molecule has 1 aliphatic heterocycles. The van der Waals surface area contributed by atoms with Gasteiger partial charge < -0.3 is 51.6 Å². The molecule has 0 aromatic rings. The second-order valence-corrected chi connectivity index (χ2v) is 7.16. The minimum absolute atomic E-state index is 0. The number of hydrogen-bond acceptors (Lipinski definition) is 8. The number of ketones is 2. The van der Waals surface area contributed by atoms with Gasteiger partial charge in [0.1, 0.15) is 13.2 Å². The third-order valence-electron chi connectivity index (χ3n) is 4.78. The molecule has 12 nitrogen and oxygen atoms in total. The van der Waals surface area contributed by atoms with E-state index in [0.717, 1.165) is 13.1 Å². The van der Waals surface area contributed by atoms with Crippen LogP contribution in [0.15, 0.2) is 71.5 Å². The molecular formula is C23H37DyN3O9+3. The second kappa shape index (κ2) is 21.1. The smallest absolute Gasteiger partial charge is 0.487 e. The summed E-state index contributed by atoms with van der Waals surface area (Å²) in [5.41, 5.74) is 1.12. The molecule has 0 saturated carbocycles. The van der Waals surface area contributed by atoms with E-state index >= 15 is 0 Å². The predicted octanol–water partition coefficient (Wildman–Crippen LogP) is -2.32. The summed E-state index contributed by atoms with van der Waals surface area (Å²) in [6.07, 6.45) is 13.9. The molecule has 1 heterocycles. The molecule has 0 atom stereocenters. The van der Waals surface area contributed by atoms with Crippen molar-refractivity contribution in [1.29, 1.82) is 0 Å². The second-order valence-electron chi connectivity index (χ2n) is 7.16. The molecule has 13 heteroatoms. The molecule has 36 heavy (non-hydrogen) atoms. The Morgan fingerprint density at radius 2 is 1.14 bits per heavy atom. The summed E-state index contributed by atoms with van der Waals surface area (Å²) in [7, 11) is 2.02. The third kappa shape index (κ3) is 12.3. The molecule has 0 fully saturated rings. The minimum Gasteiger partial charge on any atom is -0.487 e. The van der Waals surface area contributed by atoms with Crippen molar-refractivity contribution < 1.29 is 83.9 Å². The van der Waals surface area contributed by atoms with Crippen LogP contribution >= 0.6 is 0 Å². The number of likely N-dealkylation sites (N-methyl/N-ethyl adjacent to an activating group) is 1. The summed E-state index contributed by atoms with van der Waals surface area (Å²) in [5, 5.41) is 6.37. The molecule has 0 spiro atoms. The summed E-state index contributed by atoms with van der Waals surface area (Å²) in [4.78, 5) is 27.1. The number of carbonyl (C=O) groups excluding carboxylic acids is 2. The molecule has 3 aliphatic rings. The van der Waals surface area contributed by atoms with Crippen molar-refractivity contribution >= 4 is 11.6 Å². The van der Waals surface area contributed by atoms with Crippen molar-refractivity contribution in [3.8, 4) is 0 Å². The monoisotopic (exact) mass is 663 g/mol. The number of fused-ring (bicyclic) bond motifs is 4. The molecular weight excluding hydrogens is 625 g/mol. The van der Waals surface area contributed by atoms with Gasteiger partial charge in [0.05, 0.1) is 13.2 Å². The van der Waals surface area contributed by atoms with Gasteiger partial charge in [-0.15, -0.1) is 0 Å². The number of hydrogen-bond donors (Lipinski definition) is 2. The first-order chi connectivity index (χ1) is 15.1. The standard InChI is InChI=1S/C23H29N3O5.Dy.4H2O/c1-26-10-8-24-16-18-4-2-6-20(22(18)27)30-14-12-29-13-15-31-21-7-3-5-19(23(21)28)17-25-9-11-26;;;;;/h2-7,16-17,24-25H,8-15H2,1H3;;4*1H2/q;+3;;;;. The molecule has 0 saturated heterocycles. The number of ether oxygens (including phenoxy) is 3. The van der Waals surface area contributed by atoms with Gasteiger partial charge in [0, 0.05) is 49.7 Å². The maximum absolute atomic E-state index is 12.5. The van der Waals surface area contributed by atoms with Gasteiger partial charge in [-0.25, -0.2) is 0 Å². The minimum atomic E-state index is -0.156. The van der Waals surface area contributed by atoms with Crippen LogP contribution in [0.25, 0.3) is 0 Å². The average Bonchev–Trinajstić information content (AvgIpc) is 2.76. The SMILES string of the molecule is CN1CCNC=C2C=CC=C(OCCOCCOC3=CC=CC(=CNCC1)C3=O)C2=O.O.O.O.O.[Dy+3]. The van der Waals surface area contributed by atoms with E-state index in [1.54, 1.807) is 48.9 Å². The molecule has 205 valence electrons. The molecule has 0 aromatic heterocycles. The number of Topliss-reactive ketones (excluding diaryl/α,β-unsaturated/α-hetero) is 2.